The molecule has 1 heterocycles. The molecule has 2 rings (SSSR count). The molecule has 1 fully saturated rings. The normalized spacial score (nSPS) is 29.9. The first-order valence-corrected chi connectivity index (χ1v) is 6.40. The Morgan fingerprint density at radius 3 is 3.12 bits per heavy atom. The summed E-state index contributed by atoms with van der Waals surface area (Å²) in [7, 11) is 0. The van der Waals surface area contributed by atoms with Crippen molar-refractivity contribution < 1.29 is 9.90 Å². The number of rotatable bonds is 3. The lowest BCUT2D eigenvalue weighted by Gasteiger charge is -2.38. The summed E-state index contributed by atoms with van der Waals surface area (Å²) in [5, 5.41) is 15.3. The molecule has 1 aromatic heterocycles. The Morgan fingerprint density at radius 2 is 2.50 bits per heavy atom. The fourth-order valence-corrected chi connectivity index (χ4v) is 2.85. The van der Waals surface area contributed by atoms with Crippen molar-refractivity contribution in [3.63, 3.8) is 0 Å². The molecule has 2 unspecified atom stereocenters. The summed E-state index contributed by atoms with van der Waals surface area (Å²) in [4.78, 5) is 15.5. The van der Waals surface area contributed by atoms with Crippen LogP contribution in [0.5, 0.6) is 0 Å². The molecule has 0 bridgehead atoms. The number of hydrogen-bond donors (Lipinski definition) is 2. The molecular formula is C11H16N2O2S. The third-order valence-electron chi connectivity index (χ3n) is 3.43. The molecule has 0 aliphatic heterocycles. The summed E-state index contributed by atoms with van der Waals surface area (Å²) in [6.07, 6.45) is 5.46. The first-order valence-electron chi connectivity index (χ1n) is 5.52. The highest BCUT2D eigenvalue weighted by molar-refractivity contribution is 7.13. The van der Waals surface area contributed by atoms with E-state index in [2.05, 4.69) is 10.3 Å². The van der Waals surface area contributed by atoms with Crippen LogP contribution < -0.4 is 5.32 Å². The van der Waals surface area contributed by atoms with Crippen LogP contribution in [-0.4, -0.2) is 22.1 Å². The van der Waals surface area contributed by atoms with Gasteiger partial charge < -0.3 is 10.4 Å². The molecule has 1 saturated carbocycles. The van der Waals surface area contributed by atoms with E-state index in [4.69, 9.17) is 0 Å². The number of anilines is 1. The van der Waals surface area contributed by atoms with Crippen LogP contribution >= 0.6 is 11.3 Å². The van der Waals surface area contributed by atoms with Gasteiger partial charge in [0.25, 0.3) is 0 Å². The smallest absolute Gasteiger partial charge is 0.311 e. The largest absolute Gasteiger partial charge is 0.481 e. The van der Waals surface area contributed by atoms with Gasteiger partial charge in [-0.15, -0.1) is 11.3 Å². The van der Waals surface area contributed by atoms with E-state index < -0.39 is 11.4 Å². The lowest BCUT2D eigenvalue weighted by atomic mass is 9.72. The molecule has 5 heteroatoms. The Balaban J connectivity index is 2.14. The maximum absolute atomic E-state index is 11.4. The molecule has 1 aliphatic rings. The van der Waals surface area contributed by atoms with Crippen molar-refractivity contribution in [2.24, 2.45) is 5.41 Å². The van der Waals surface area contributed by atoms with E-state index >= 15 is 0 Å². The van der Waals surface area contributed by atoms with Crippen LogP contribution in [0, 0.1) is 5.41 Å². The monoisotopic (exact) mass is 240 g/mol. The highest BCUT2D eigenvalue weighted by Crippen LogP contribution is 2.38. The molecule has 16 heavy (non-hydrogen) atoms. The van der Waals surface area contributed by atoms with Crippen LogP contribution in [0.1, 0.15) is 32.6 Å². The highest BCUT2D eigenvalue weighted by Gasteiger charge is 2.43. The Labute approximate surface area is 98.7 Å². The zero-order valence-electron chi connectivity index (χ0n) is 9.27. The van der Waals surface area contributed by atoms with E-state index in [9.17, 15) is 9.90 Å². The predicted molar refractivity (Wildman–Crippen MR) is 63.7 cm³/mol. The van der Waals surface area contributed by atoms with E-state index in [1.165, 1.54) is 11.3 Å². The second kappa shape index (κ2) is 4.41. The SMILES string of the molecule is CC1(C(=O)O)CCCCC1Nc1nccs1. The minimum Gasteiger partial charge on any atom is -0.481 e. The van der Waals surface area contributed by atoms with Crippen molar-refractivity contribution in [2.45, 2.75) is 38.6 Å². The second-order valence-electron chi connectivity index (χ2n) is 4.50. The van der Waals surface area contributed by atoms with Gasteiger partial charge in [-0.3, -0.25) is 4.79 Å². The van der Waals surface area contributed by atoms with Crippen LogP contribution in [0.3, 0.4) is 0 Å². The molecule has 88 valence electrons. The fourth-order valence-electron chi connectivity index (χ4n) is 2.26. The van der Waals surface area contributed by atoms with Crippen LogP contribution in [0.2, 0.25) is 0 Å². The van der Waals surface area contributed by atoms with E-state index in [-0.39, 0.29) is 6.04 Å². The van der Waals surface area contributed by atoms with Crippen molar-refractivity contribution in [1.29, 1.82) is 0 Å². The molecule has 0 spiro atoms. The van der Waals surface area contributed by atoms with Gasteiger partial charge in [-0.1, -0.05) is 12.8 Å². The van der Waals surface area contributed by atoms with Gasteiger partial charge >= 0.3 is 5.97 Å². The molecule has 0 aromatic carbocycles. The van der Waals surface area contributed by atoms with Gasteiger partial charge in [0.1, 0.15) is 0 Å². The van der Waals surface area contributed by atoms with E-state index in [1.54, 1.807) is 6.20 Å². The number of carboxylic acids is 1. The predicted octanol–water partition coefficient (Wildman–Crippen LogP) is 2.59. The topological polar surface area (TPSA) is 62.2 Å². The quantitative estimate of drug-likeness (QED) is 0.852. The van der Waals surface area contributed by atoms with E-state index in [0.717, 1.165) is 30.8 Å². The van der Waals surface area contributed by atoms with Crippen molar-refractivity contribution in [3.05, 3.63) is 11.6 Å². The van der Waals surface area contributed by atoms with Gasteiger partial charge in [0.2, 0.25) is 0 Å². The number of carbonyl (C=O) groups is 1. The first-order chi connectivity index (χ1) is 7.63. The Hall–Kier alpha value is -1.10. The minimum absolute atomic E-state index is 0.00935. The van der Waals surface area contributed by atoms with Gasteiger partial charge in [0, 0.05) is 17.6 Å². The Bertz CT molecular complexity index is 366. The zero-order valence-corrected chi connectivity index (χ0v) is 10.1. The molecule has 1 aromatic rings. The van der Waals surface area contributed by atoms with Gasteiger partial charge in [-0.2, -0.15) is 0 Å². The van der Waals surface area contributed by atoms with Crippen molar-refractivity contribution >= 4 is 22.4 Å². The summed E-state index contributed by atoms with van der Waals surface area (Å²) in [6.45, 7) is 1.83. The fraction of sp³-hybridized carbons (Fsp3) is 0.636. The van der Waals surface area contributed by atoms with Crippen LogP contribution in [-0.2, 0) is 4.79 Å². The summed E-state index contributed by atoms with van der Waals surface area (Å²) in [5.41, 5.74) is -0.663. The highest BCUT2D eigenvalue weighted by atomic mass is 32.1. The molecule has 1 aliphatic carbocycles. The van der Waals surface area contributed by atoms with Crippen LogP contribution in [0.15, 0.2) is 11.6 Å². The number of thiazole rings is 1. The third-order valence-corrected chi connectivity index (χ3v) is 4.13. The van der Waals surface area contributed by atoms with Crippen molar-refractivity contribution in [2.75, 3.05) is 5.32 Å². The molecule has 2 atom stereocenters. The zero-order chi connectivity index (χ0) is 11.6. The molecular weight excluding hydrogens is 224 g/mol. The maximum atomic E-state index is 11.4. The molecule has 0 saturated heterocycles. The number of nitrogens with one attached hydrogen (secondary N) is 1. The summed E-state index contributed by atoms with van der Waals surface area (Å²) in [6, 6.07) is -0.00935. The summed E-state index contributed by atoms with van der Waals surface area (Å²) < 4.78 is 0. The summed E-state index contributed by atoms with van der Waals surface area (Å²) in [5.74, 6) is -0.707. The second-order valence-corrected chi connectivity index (χ2v) is 5.40. The third kappa shape index (κ3) is 2.04. The number of nitrogens with zero attached hydrogens (tertiary/aromatic N) is 1. The summed E-state index contributed by atoms with van der Waals surface area (Å²) >= 11 is 1.51. The maximum Gasteiger partial charge on any atom is 0.311 e. The average Bonchev–Trinajstić information content (AvgIpc) is 2.74. The number of aliphatic carboxylic acids is 1. The Kier molecular flexibility index (Phi) is 3.14. The van der Waals surface area contributed by atoms with Crippen molar-refractivity contribution in [3.8, 4) is 0 Å². The average molecular weight is 240 g/mol. The minimum atomic E-state index is -0.707. The molecule has 0 radical (unpaired) electrons. The van der Waals surface area contributed by atoms with E-state index in [0.29, 0.717) is 0 Å². The van der Waals surface area contributed by atoms with Crippen molar-refractivity contribution in [1.82, 2.24) is 4.98 Å². The lowest BCUT2D eigenvalue weighted by molar-refractivity contribution is -0.150. The van der Waals surface area contributed by atoms with E-state index in [1.807, 2.05) is 12.3 Å². The molecule has 4 nitrogen and oxygen atoms in total. The van der Waals surface area contributed by atoms with Gasteiger partial charge in [-0.25, -0.2) is 4.98 Å². The lowest BCUT2D eigenvalue weighted by Crippen LogP contribution is -2.46. The van der Waals surface area contributed by atoms with Crippen LogP contribution in [0.4, 0.5) is 5.13 Å². The first kappa shape index (κ1) is 11.4. The molecule has 2 N–H and O–H groups in total. The van der Waals surface area contributed by atoms with Crippen LogP contribution in [0.25, 0.3) is 0 Å². The standard InChI is InChI=1S/C11H16N2O2S/c1-11(9(14)15)5-3-2-4-8(11)13-10-12-6-7-16-10/h6-8H,2-5H2,1H3,(H,12,13)(H,14,15). The van der Waals surface area contributed by atoms with Gasteiger partial charge in [-0.05, 0) is 19.8 Å². The molecule has 0 amide bonds. The van der Waals surface area contributed by atoms with Gasteiger partial charge in [0.05, 0.1) is 5.41 Å². The van der Waals surface area contributed by atoms with Gasteiger partial charge in [0.15, 0.2) is 5.13 Å². The number of carboxylic acid groups (broad SMARTS) is 1. The Morgan fingerprint density at radius 1 is 1.69 bits per heavy atom. The number of aromatic nitrogens is 1. The number of hydrogen-bond acceptors (Lipinski definition) is 4.